The van der Waals surface area contributed by atoms with Gasteiger partial charge in [0, 0.05) is 39.3 Å². The average molecular weight is 361 g/mol. The smallest absolute Gasteiger partial charge is 0.246 e. The number of nitrogens with one attached hydrogen (secondary N) is 2. The molecule has 0 unspecified atom stereocenters. The number of aromatic nitrogens is 1. The molecule has 21 heavy (non-hydrogen) atoms. The van der Waals surface area contributed by atoms with E-state index in [1.807, 2.05) is 0 Å². The molecule has 0 aromatic carbocycles. The van der Waals surface area contributed by atoms with Crippen LogP contribution in [-0.4, -0.2) is 57.7 Å². The summed E-state index contributed by atoms with van der Waals surface area (Å²) in [5.74, 6) is 0.326. The van der Waals surface area contributed by atoms with E-state index >= 15 is 0 Å². The van der Waals surface area contributed by atoms with E-state index in [1.165, 1.54) is 0 Å². The first-order valence-corrected chi connectivity index (χ1v) is 7.84. The third kappa shape index (κ3) is 5.39. The summed E-state index contributed by atoms with van der Waals surface area (Å²) in [6.45, 7) is 8.15. The van der Waals surface area contributed by atoms with Gasteiger partial charge >= 0.3 is 0 Å². The number of hydrogen-bond acceptors (Lipinski definition) is 6. The fourth-order valence-electron chi connectivity index (χ4n) is 2.20. The molecule has 0 saturated carbocycles. The average Bonchev–Trinajstić information content (AvgIpc) is 2.70. The van der Waals surface area contributed by atoms with Crippen LogP contribution in [0.5, 0.6) is 0 Å². The van der Waals surface area contributed by atoms with Crippen LogP contribution in [0.1, 0.15) is 11.5 Å². The lowest BCUT2D eigenvalue weighted by atomic mass is 10.3. The van der Waals surface area contributed by atoms with Crippen LogP contribution in [0.2, 0.25) is 0 Å². The van der Waals surface area contributed by atoms with E-state index in [-0.39, 0.29) is 29.7 Å². The van der Waals surface area contributed by atoms with Gasteiger partial charge in [0.05, 0.1) is 0 Å². The van der Waals surface area contributed by atoms with Gasteiger partial charge in [-0.15, -0.1) is 24.8 Å². The van der Waals surface area contributed by atoms with Crippen LogP contribution in [0.25, 0.3) is 0 Å². The number of aryl methyl sites for hydroxylation is 2. The fraction of sp³-hybridized carbons (Fsp3) is 0.727. The van der Waals surface area contributed by atoms with E-state index in [4.69, 9.17) is 4.52 Å². The van der Waals surface area contributed by atoms with Crippen LogP contribution in [0.4, 0.5) is 0 Å². The van der Waals surface area contributed by atoms with Crippen LogP contribution in [0, 0.1) is 13.8 Å². The Morgan fingerprint density at radius 3 is 2.43 bits per heavy atom. The molecular formula is C11H22Cl2N4O3S. The topological polar surface area (TPSA) is 87.5 Å². The van der Waals surface area contributed by atoms with Gasteiger partial charge in [0.1, 0.15) is 10.6 Å². The maximum atomic E-state index is 12.1. The highest BCUT2D eigenvalue weighted by Crippen LogP contribution is 2.18. The predicted octanol–water partition coefficient (Wildman–Crippen LogP) is 0.319. The van der Waals surface area contributed by atoms with E-state index in [0.717, 1.165) is 26.2 Å². The largest absolute Gasteiger partial charge is 0.360 e. The summed E-state index contributed by atoms with van der Waals surface area (Å²) in [6, 6.07) is 0. The lowest BCUT2D eigenvalue weighted by molar-refractivity contribution is 0.245. The number of hydrogen-bond donors (Lipinski definition) is 2. The molecule has 0 amide bonds. The van der Waals surface area contributed by atoms with Gasteiger partial charge in [0.15, 0.2) is 5.76 Å². The Labute approximate surface area is 137 Å². The quantitative estimate of drug-likeness (QED) is 0.786. The minimum absolute atomic E-state index is 0. The van der Waals surface area contributed by atoms with Crippen molar-refractivity contribution in [3.8, 4) is 0 Å². The monoisotopic (exact) mass is 360 g/mol. The summed E-state index contributed by atoms with van der Waals surface area (Å²) < 4.78 is 31.8. The van der Waals surface area contributed by atoms with Crippen LogP contribution in [0.15, 0.2) is 9.42 Å². The molecule has 1 saturated heterocycles. The van der Waals surface area contributed by atoms with E-state index in [1.54, 1.807) is 13.8 Å². The first kappa shape index (κ1) is 20.6. The third-order valence-corrected chi connectivity index (χ3v) is 4.87. The zero-order valence-corrected chi connectivity index (χ0v) is 14.5. The molecular weight excluding hydrogens is 339 g/mol. The molecule has 1 aliphatic rings. The summed E-state index contributed by atoms with van der Waals surface area (Å²) in [5, 5.41) is 6.93. The number of halogens is 2. The van der Waals surface area contributed by atoms with Crippen LogP contribution >= 0.6 is 24.8 Å². The fourth-order valence-corrected chi connectivity index (χ4v) is 3.55. The van der Waals surface area contributed by atoms with Crippen molar-refractivity contribution < 1.29 is 12.9 Å². The van der Waals surface area contributed by atoms with Gasteiger partial charge in [0.2, 0.25) is 10.0 Å². The van der Waals surface area contributed by atoms with Gasteiger partial charge in [-0.3, -0.25) is 4.90 Å². The van der Waals surface area contributed by atoms with Crippen LogP contribution in [0.3, 0.4) is 0 Å². The summed E-state index contributed by atoms with van der Waals surface area (Å²) >= 11 is 0. The highest BCUT2D eigenvalue weighted by atomic mass is 35.5. The Balaban J connectivity index is 0.00000200. The van der Waals surface area contributed by atoms with Gasteiger partial charge < -0.3 is 9.84 Å². The van der Waals surface area contributed by atoms with Crippen molar-refractivity contribution in [3.63, 3.8) is 0 Å². The molecule has 124 valence electrons. The maximum Gasteiger partial charge on any atom is 0.246 e. The zero-order chi connectivity index (χ0) is 13.9. The Morgan fingerprint density at radius 2 is 1.90 bits per heavy atom. The molecule has 0 bridgehead atoms. The van der Waals surface area contributed by atoms with E-state index in [9.17, 15) is 8.42 Å². The van der Waals surface area contributed by atoms with Crippen molar-refractivity contribution >= 4 is 34.8 Å². The van der Waals surface area contributed by atoms with Gasteiger partial charge in [-0.05, 0) is 13.8 Å². The first-order chi connectivity index (χ1) is 9.00. The minimum Gasteiger partial charge on any atom is -0.360 e. The second kappa shape index (κ2) is 8.92. The molecule has 1 fully saturated rings. The van der Waals surface area contributed by atoms with Crippen molar-refractivity contribution in [3.05, 3.63) is 11.5 Å². The molecule has 0 radical (unpaired) electrons. The van der Waals surface area contributed by atoms with Gasteiger partial charge in [-0.25, -0.2) is 13.1 Å². The maximum absolute atomic E-state index is 12.1. The minimum atomic E-state index is -3.53. The molecule has 2 rings (SSSR count). The van der Waals surface area contributed by atoms with Crippen molar-refractivity contribution in [2.24, 2.45) is 0 Å². The summed E-state index contributed by atoms with van der Waals surface area (Å²) in [7, 11) is -3.53. The number of piperazine rings is 1. The standard InChI is InChI=1S/C11H20N4O3S.2ClH/c1-9-11(10(2)18-14-9)19(16,17)13-5-8-15-6-3-12-4-7-15;;/h12-13H,3-8H2,1-2H3;2*1H. The Morgan fingerprint density at radius 1 is 1.29 bits per heavy atom. The molecule has 1 aromatic heterocycles. The highest BCUT2D eigenvalue weighted by Gasteiger charge is 2.23. The number of rotatable bonds is 5. The number of sulfonamides is 1. The third-order valence-electron chi connectivity index (χ3n) is 3.17. The van der Waals surface area contributed by atoms with Crippen molar-refractivity contribution in [2.45, 2.75) is 18.7 Å². The molecule has 2 heterocycles. The predicted molar refractivity (Wildman–Crippen MR) is 85.0 cm³/mol. The van der Waals surface area contributed by atoms with Crippen LogP contribution in [-0.2, 0) is 10.0 Å². The Hall–Kier alpha value is -0.380. The van der Waals surface area contributed by atoms with Gasteiger partial charge in [-0.2, -0.15) is 0 Å². The molecule has 7 nitrogen and oxygen atoms in total. The molecule has 1 aliphatic heterocycles. The second-order valence-corrected chi connectivity index (χ2v) is 6.35. The Bertz CT molecular complexity index is 510. The van der Waals surface area contributed by atoms with Crippen LogP contribution < -0.4 is 10.0 Å². The number of nitrogens with zero attached hydrogens (tertiary/aromatic N) is 2. The molecule has 2 N–H and O–H groups in total. The van der Waals surface area contributed by atoms with E-state index < -0.39 is 10.0 Å². The first-order valence-electron chi connectivity index (χ1n) is 6.36. The molecule has 0 aliphatic carbocycles. The summed E-state index contributed by atoms with van der Waals surface area (Å²) in [6.07, 6.45) is 0. The van der Waals surface area contributed by atoms with Crippen molar-refractivity contribution in [1.82, 2.24) is 20.1 Å². The molecule has 1 aromatic rings. The second-order valence-electron chi connectivity index (χ2n) is 4.64. The van der Waals surface area contributed by atoms with Gasteiger partial charge in [-0.1, -0.05) is 5.16 Å². The van der Waals surface area contributed by atoms with Crippen molar-refractivity contribution in [1.29, 1.82) is 0 Å². The Kier molecular flexibility index (Phi) is 8.76. The SMILES string of the molecule is Cc1noc(C)c1S(=O)(=O)NCCN1CCNCC1.Cl.Cl. The van der Waals surface area contributed by atoms with E-state index in [0.29, 0.717) is 24.5 Å². The zero-order valence-electron chi connectivity index (χ0n) is 12.1. The highest BCUT2D eigenvalue weighted by molar-refractivity contribution is 7.89. The summed E-state index contributed by atoms with van der Waals surface area (Å²) in [5.41, 5.74) is 0.396. The van der Waals surface area contributed by atoms with Crippen molar-refractivity contribution in [2.75, 3.05) is 39.3 Å². The molecule has 10 heteroatoms. The normalized spacial score (nSPS) is 16.1. The van der Waals surface area contributed by atoms with E-state index in [2.05, 4.69) is 20.1 Å². The summed E-state index contributed by atoms with van der Waals surface area (Å²) in [4.78, 5) is 2.39. The lowest BCUT2D eigenvalue weighted by Gasteiger charge is -2.27. The molecule has 0 spiro atoms. The molecule has 0 atom stereocenters. The van der Waals surface area contributed by atoms with Gasteiger partial charge in [0.25, 0.3) is 0 Å². The lowest BCUT2D eigenvalue weighted by Crippen LogP contribution is -2.46.